The van der Waals surface area contributed by atoms with E-state index in [9.17, 15) is 9.59 Å². The van der Waals surface area contributed by atoms with Gasteiger partial charge in [0.05, 0.1) is 0 Å². The number of benzene rings is 3. The van der Waals surface area contributed by atoms with E-state index in [-0.39, 0.29) is 17.9 Å². The van der Waals surface area contributed by atoms with E-state index >= 15 is 0 Å². The van der Waals surface area contributed by atoms with Crippen molar-refractivity contribution in [3.63, 3.8) is 0 Å². The normalized spacial score (nSPS) is 14.2. The van der Waals surface area contributed by atoms with Gasteiger partial charge in [0.25, 0.3) is 11.8 Å². The molecule has 40 heavy (non-hydrogen) atoms. The Morgan fingerprint density at radius 1 is 0.925 bits per heavy atom. The first-order valence-corrected chi connectivity index (χ1v) is 14.6. The summed E-state index contributed by atoms with van der Waals surface area (Å²) >= 11 is 0. The van der Waals surface area contributed by atoms with Crippen molar-refractivity contribution in [3.05, 3.63) is 113 Å². The van der Waals surface area contributed by atoms with E-state index in [4.69, 9.17) is 0 Å². The summed E-state index contributed by atoms with van der Waals surface area (Å²) in [6.45, 7) is 12.6. The molecule has 1 heterocycles. The van der Waals surface area contributed by atoms with Crippen LogP contribution in [0.25, 0.3) is 6.08 Å². The first kappa shape index (κ1) is 29.3. The molecule has 5 nitrogen and oxygen atoms in total. The first-order chi connectivity index (χ1) is 19.4. The van der Waals surface area contributed by atoms with Crippen LogP contribution in [0, 0.1) is 5.92 Å². The number of hydrogen-bond donors (Lipinski definition) is 1. The Bertz CT molecular complexity index is 1230. The van der Waals surface area contributed by atoms with Crippen LogP contribution in [-0.4, -0.2) is 53.8 Å². The van der Waals surface area contributed by atoms with Gasteiger partial charge in [-0.25, -0.2) is 0 Å². The molecule has 2 amide bonds. The van der Waals surface area contributed by atoms with Crippen molar-refractivity contribution in [2.75, 3.05) is 26.2 Å². The van der Waals surface area contributed by atoms with E-state index in [2.05, 4.69) is 42.8 Å². The second-order valence-corrected chi connectivity index (χ2v) is 11.2. The number of rotatable bonds is 12. The van der Waals surface area contributed by atoms with E-state index in [1.807, 2.05) is 71.6 Å². The number of nitrogens with zero attached hydrogens (tertiary/aromatic N) is 2. The minimum Gasteiger partial charge on any atom is -0.352 e. The molecule has 1 N–H and O–H groups in total. The van der Waals surface area contributed by atoms with E-state index in [1.54, 1.807) is 6.08 Å². The van der Waals surface area contributed by atoms with Crippen molar-refractivity contribution in [1.29, 1.82) is 0 Å². The van der Waals surface area contributed by atoms with E-state index in [0.717, 1.165) is 50.0 Å². The van der Waals surface area contributed by atoms with Crippen LogP contribution in [0.1, 0.15) is 70.5 Å². The maximum atomic E-state index is 13.8. The highest BCUT2D eigenvalue weighted by Crippen LogP contribution is 2.23. The van der Waals surface area contributed by atoms with Crippen LogP contribution < -0.4 is 5.32 Å². The van der Waals surface area contributed by atoms with Gasteiger partial charge in [-0.2, -0.15) is 0 Å². The number of piperidine rings is 1. The Balaban J connectivity index is 1.41. The minimum atomic E-state index is -0.0773. The third-order valence-corrected chi connectivity index (χ3v) is 7.79. The molecule has 0 radical (unpaired) electrons. The molecule has 0 atom stereocenters. The highest BCUT2D eigenvalue weighted by Gasteiger charge is 2.29. The molecule has 3 aromatic carbocycles. The standard InChI is InChI=1S/C35H43N3O2/c1-4-28-10-16-32(17-11-28)35(40)38(33-20-24-37(25-21-33)23-19-27(2)3)26-30-12-14-31(15-13-30)34(39)36-22-18-29-8-6-5-7-9-29/h4-17,27,33H,1,18-26H2,2-3H3,(H,36,39). The summed E-state index contributed by atoms with van der Waals surface area (Å²) < 4.78 is 0. The summed E-state index contributed by atoms with van der Waals surface area (Å²) in [7, 11) is 0. The zero-order valence-electron chi connectivity index (χ0n) is 24.0. The van der Waals surface area contributed by atoms with Gasteiger partial charge in [0.1, 0.15) is 0 Å². The lowest BCUT2D eigenvalue weighted by Gasteiger charge is -2.39. The summed E-state index contributed by atoms with van der Waals surface area (Å²) in [5, 5.41) is 3.01. The van der Waals surface area contributed by atoms with Crippen LogP contribution in [-0.2, 0) is 13.0 Å². The van der Waals surface area contributed by atoms with E-state index < -0.39 is 0 Å². The van der Waals surface area contributed by atoms with Gasteiger partial charge in [0.2, 0.25) is 0 Å². The van der Waals surface area contributed by atoms with Crippen LogP contribution in [0.3, 0.4) is 0 Å². The Hall–Kier alpha value is -3.70. The molecule has 5 heteroatoms. The van der Waals surface area contributed by atoms with Crippen LogP contribution in [0.4, 0.5) is 0 Å². The molecular formula is C35H43N3O2. The molecule has 0 aliphatic carbocycles. The molecule has 4 rings (SSSR count). The van der Waals surface area contributed by atoms with Gasteiger partial charge in [0, 0.05) is 43.3 Å². The van der Waals surface area contributed by atoms with Crippen molar-refractivity contribution in [2.24, 2.45) is 5.92 Å². The fourth-order valence-corrected chi connectivity index (χ4v) is 5.22. The number of hydrogen-bond acceptors (Lipinski definition) is 3. The molecule has 0 saturated carbocycles. The Morgan fingerprint density at radius 3 is 2.20 bits per heavy atom. The molecule has 1 saturated heterocycles. The van der Waals surface area contributed by atoms with Gasteiger partial charge in [-0.05, 0) is 79.1 Å². The molecule has 0 bridgehead atoms. The number of likely N-dealkylation sites (tertiary alicyclic amines) is 1. The van der Waals surface area contributed by atoms with Crippen molar-refractivity contribution in [3.8, 4) is 0 Å². The Morgan fingerprint density at radius 2 is 1.57 bits per heavy atom. The molecule has 1 fully saturated rings. The summed E-state index contributed by atoms with van der Waals surface area (Å²) in [6, 6.07) is 25.7. The SMILES string of the molecule is C=Cc1ccc(C(=O)N(Cc2ccc(C(=O)NCCc3ccccc3)cc2)C2CCN(CCC(C)C)CC2)cc1. The van der Waals surface area contributed by atoms with Crippen LogP contribution in [0.5, 0.6) is 0 Å². The molecule has 3 aromatic rings. The quantitative estimate of drug-likeness (QED) is 0.289. The van der Waals surface area contributed by atoms with Gasteiger partial charge in [0.15, 0.2) is 0 Å². The minimum absolute atomic E-state index is 0.0546. The lowest BCUT2D eigenvalue weighted by molar-refractivity contribution is 0.0546. The fraction of sp³-hybridized carbons (Fsp3) is 0.371. The summed E-state index contributed by atoms with van der Waals surface area (Å²) in [4.78, 5) is 31.0. The molecule has 210 valence electrons. The topological polar surface area (TPSA) is 52.7 Å². The Kier molecular flexibility index (Phi) is 10.7. The number of nitrogens with one attached hydrogen (secondary N) is 1. The highest BCUT2D eigenvalue weighted by molar-refractivity contribution is 5.95. The average molecular weight is 538 g/mol. The molecule has 0 unspecified atom stereocenters. The van der Waals surface area contributed by atoms with Gasteiger partial charge in [-0.15, -0.1) is 0 Å². The zero-order chi connectivity index (χ0) is 28.3. The largest absolute Gasteiger partial charge is 0.352 e. The molecule has 1 aliphatic heterocycles. The van der Waals surface area contributed by atoms with Crippen LogP contribution >= 0.6 is 0 Å². The van der Waals surface area contributed by atoms with Crippen molar-refractivity contribution < 1.29 is 9.59 Å². The van der Waals surface area contributed by atoms with Crippen molar-refractivity contribution in [2.45, 2.75) is 52.1 Å². The summed E-state index contributed by atoms with van der Waals surface area (Å²) in [5.74, 6) is 0.675. The average Bonchev–Trinajstić information content (AvgIpc) is 2.99. The van der Waals surface area contributed by atoms with Crippen molar-refractivity contribution >= 4 is 17.9 Å². The molecule has 0 aromatic heterocycles. The second-order valence-electron chi connectivity index (χ2n) is 11.2. The lowest BCUT2D eigenvalue weighted by atomic mass is 9.99. The molecule has 1 aliphatic rings. The number of carbonyl (C=O) groups is 2. The number of carbonyl (C=O) groups excluding carboxylic acids is 2. The van der Waals surface area contributed by atoms with Gasteiger partial charge in [-0.1, -0.05) is 81.1 Å². The third kappa shape index (κ3) is 8.40. The maximum absolute atomic E-state index is 13.8. The second kappa shape index (κ2) is 14.6. The highest BCUT2D eigenvalue weighted by atomic mass is 16.2. The number of amides is 2. The summed E-state index contributed by atoms with van der Waals surface area (Å²) in [5.41, 5.74) is 4.56. The molecular weight excluding hydrogens is 494 g/mol. The van der Waals surface area contributed by atoms with Gasteiger partial charge < -0.3 is 15.1 Å². The fourth-order valence-electron chi connectivity index (χ4n) is 5.22. The third-order valence-electron chi connectivity index (χ3n) is 7.79. The predicted molar refractivity (Wildman–Crippen MR) is 164 cm³/mol. The monoisotopic (exact) mass is 537 g/mol. The lowest BCUT2D eigenvalue weighted by Crippen LogP contribution is -2.47. The van der Waals surface area contributed by atoms with Crippen molar-refractivity contribution in [1.82, 2.24) is 15.1 Å². The summed E-state index contributed by atoms with van der Waals surface area (Å²) in [6.07, 6.45) is 5.73. The maximum Gasteiger partial charge on any atom is 0.254 e. The van der Waals surface area contributed by atoms with Gasteiger partial charge >= 0.3 is 0 Å². The first-order valence-electron chi connectivity index (χ1n) is 14.6. The Labute approximate surface area is 239 Å². The predicted octanol–water partition coefficient (Wildman–Crippen LogP) is 6.46. The van der Waals surface area contributed by atoms with Crippen LogP contribution in [0.15, 0.2) is 85.4 Å². The van der Waals surface area contributed by atoms with E-state index in [1.165, 1.54) is 12.0 Å². The zero-order valence-corrected chi connectivity index (χ0v) is 24.0. The molecule has 0 spiro atoms. The van der Waals surface area contributed by atoms with Gasteiger partial charge in [-0.3, -0.25) is 9.59 Å². The van der Waals surface area contributed by atoms with E-state index in [0.29, 0.717) is 30.1 Å². The smallest absolute Gasteiger partial charge is 0.254 e. The van der Waals surface area contributed by atoms with Crippen LogP contribution in [0.2, 0.25) is 0 Å².